The summed E-state index contributed by atoms with van der Waals surface area (Å²) in [4.78, 5) is 2.20. The fourth-order valence-electron chi connectivity index (χ4n) is 2.02. The summed E-state index contributed by atoms with van der Waals surface area (Å²) in [5.41, 5.74) is 5.30. The highest BCUT2D eigenvalue weighted by molar-refractivity contribution is 7.11. The second kappa shape index (κ2) is 4.93. The molecule has 1 fully saturated rings. The minimum Gasteiger partial charge on any atom is -0.484 e. The highest BCUT2D eigenvalue weighted by atomic mass is 32.1. The lowest BCUT2D eigenvalue weighted by atomic mass is 9.94. The van der Waals surface area contributed by atoms with Crippen molar-refractivity contribution in [2.24, 2.45) is 0 Å². The Kier molecular flexibility index (Phi) is 3.68. The van der Waals surface area contributed by atoms with E-state index in [9.17, 15) is 5.11 Å². The molecule has 0 saturated carbocycles. The van der Waals surface area contributed by atoms with Crippen LogP contribution >= 0.6 is 11.5 Å². The van der Waals surface area contributed by atoms with Crippen LogP contribution < -0.4 is 15.4 Å². The largest absolute Gasteiger partial charge is 0.484 e. The molecule has 0 bridgehead atoms. The molecule has 102 valence electrons. The predicted octanol–water partition coefficient (Wildman–Crippen LogP) is 1.86. The monoisotopic (exact) mass is 271 g/mol. The molecule has 1 aliphatic rings. The number of rotatable bonds is 3. The van der Waals surface area contributed by atoms with Crippen molar-refractivity contribution in [3.05, 3.63) is 0 Å². The highest BCUT2D eigenvalue weighted by Gasteiger charge is 2.30. The van der Waals surface area contributed by atoms with Crippen LogP contribution in [0.4, 0.5) is 10.8 Å². The second-order valence-corrected chi connectivity index (χ2v) is 6.10. The molecule has 0 unspecified atom stereocenters. The molecule has 3 N–H and O–H groups in total. The third kappa shape index (κ3) is 2.87. The summed E-state index contributed by atoms with van der Waals surface area (Å²) in [6.07, 6.45) is 1.59. The van der Waals surface area contributed by atoms with Gasteiger partial charge in [0.15, 0.2) is 16.6 Å². The molecule has 0 atom stereocenters. The van der Waals surface area contributed by atoms with Gasteiger partial charge in [0.2, 0.25) is 0 Å². The summed E-state index contributed by atoms with van der Waals surface area (Å²) in [5, 5.41) is 10.9. The molecule has 0 amide bonds. The van der Waals surface area contributed by atoms with E-state index in [0.717, 1.165) is 30.9 Å². The molecule has 0 radical (unpaired) electrons. The molecule has 18 heavy (non-hydrogen) atoms. The van der Waals surface area contributed by atoms with Crippen LogP contribution in [0.5, 0.6) is 5.75 Å². The standard InChI is InChI=1S/C12H21N3O2S/c1-8(2)17-9-10(13)14-18-11(9)15-6-4-12(3,16)5-7-15/h8,16H,4-7H2,1-3H3,(H2,13,14). The van der Waals surface area contributed by atoms with E-state index < -0.39 is 5.60 Å². The van der Waals surface area contributed by atoms with Crippen molar-refractivity contribution in [3.8, 4) is 5.75 Å². The van der Waals surface area contributed by atoms with E-state index in [1.807, 2.05) is 20.8 Å². The number of ether oxygens (including phenoxy) is 1. The average molecular weight is 271 g/mol. The van der Waals surface area contributed by atoms with Gasteiger partial charge < -0.3 is 20.5 Å². The van der Waals surface area contributed by atoms with Crippen molar-refractivity contribution in [1.82, 2.24) is 4.37 Å². The van der Waals surface area contributed by atoms with Crippen LogP contribution in [0.25, 0.3) is 0 Å². The zero-order valence-electron chi connectivity index (χ0n) is 11.1. The van der Waals surface area contributed by atoms with Crippen LogP contribution in [0.3, 0.4) is 0 Å². The Morgan fingerprint density at radius 3 is 2.61 bits per heavy atom. The number of aromatic nitrogens is 1. The number of hydrogen-bond acceptors (Lipinski definition) is 6. The number of nitrogens with two attached hydrogens (primary N) is 1. The van der Waals surface area contributed by atoms with Crippen LogP contribution in [0.15, 0.2) is 0 Å². The molecule has 0 aromatic carbocycles. The molecular formula is C12H21N3O2S. The molecule has 0 spiro atoms. The number of nitrogens with zero attached hydrogens (tertiary/aromatic N) is 2. The summed E-state index contributed by atoms with van der Waals surface area (Å²) < 4.78 is 9.91. The third-order valence-corrected chi connectivity index (χ3v) is 4.04. The maximum absolute atomic E-state index is 9.96. The van der Waals surface area contributed by atoms with Crippen molar-refractivity contribution in [3.63, 3.8) is 0 Å². The first-order valence-electron chi connectivity index (χ1n) is 6.28. The molecule has 2 heterocycles. The lowest BCUT2D eigenvalue weighted by Crippen LogP contribution is -2.42. The van der Waals surface area contributed by atoms with Gasteiger partial charge in [-0.15, -0.1) is 0 Å². The number of aliphatic hydroxyl groups is 1. The molecule has 1 aromatic rings. The zero-order valence-corrected chi connectivity index (χ0v) is 12.0. The lowest BCUT2D eigenvalue weighted by molar-refractivity contribution is 0.0351. The Bertz CT molecular complexity index is 407. The Hall–Kier alpha value is -1.01. The first kappa shape index (κ1) is 13.4. The van der Waals surface area contributed by atoms with E-state index in [-0.39, 0.29) is 6.10 Å². The molecule has 2 rings (SSSR count). The van der Waals surface area contributed by atoms with E-state index in [4.69, 9.17) is 10.5 Å². The average Bonchev–Trinajstić information content (AvgIpc) is 2.60. The van der Waals surface area contributed by atoms with E-state index in [1.54, 1.807) is 0 Å². The van der Waals surface area contributed by atoms with Gasteiger partial charge in [0.25, 0.3) is 0 Å². The first-order valence-corrected chi connectivity index (χ1v) is 7.05. The van der Waals surface area contributed by atoms with Crippen LogP contribution in [-0.2, 0) is 0 Å². The maximum Gasteiger partial charge on any atom is 0.198 e. The van der Waals surface area contributed by atoms with E-state index in [0.29, 0.717) is 11.6 Å². The van der Waals surface area contributed by atoms with Crippen molar-refractivity contribution >= 4 is 22.4 Å². The number of anilines is 2. The molecule has 1 saturated heterocycles. The smallest absolute Gasteiger partial charge is 0.198 e. The minimum atomic E-state index is -0.550. The Labute approximate surface area is 112 Å². The van der Waals surface area contributed by atoms with Crippen molar-refractivity contribution < 1.29 is 9.84 Å². The SMILES string of the molecule is CC(C)Oc1c(N)nsc1N1CCC(C)(O)CC1. The Morgan fingerprint density at radius 2 is 2.06 bits per heavy atom. The van der Waals surface area contributed by atoms with Gasteiger partial charge in [0.1, 0.15) is 0 Å². The minimum absolute atomic E-state index is 0.0790. The van der Waals surface area contributed by atoms with Gasteiger partial charge in [0.05, 0.1) is 11.7 Å². The Balaban J connectivity index is 2.14. The fourth-order valence-corrected chi connectivity index (χ4v) is 2.83. The third-order valence-electron chi connectivity index (χ3n) is 3.14. The van der Waals surface area contributed by atoms with E-state index in [1.165, 1.54) is 11.5 Å². The van der Waals surface area contributed by atoms with E-state index >= 15 is 0 Å². The van der Waals surface area contributed by atoms with Crippen molar-refractivity contribution in [1.29, 1.82) is 0 Å². The summed E-state index contributed by atoms with van der Waals surface area (Å²) >= 11 is 1.37. The van der Waals surface area contributed by atoms with Crippen LogP contribution in [0.2, 0.25) is 0 Å². The molecule has 1 aliphatic heterocycles. The van der Waals surface area contributed by atoms with Crippen molar-refractivity contribution in [2.45, 2.75) is 45.3 Å². The topological polar surface area (TPSA) is 71.6 Å². The first-order chi connectivity index (χ1) is 8.39. The quantitative estimate of drug-likeness (QED) is 0.878. The van der Waals surface area contributed by atoms with Gasteiger partial charge in [-0.1, -0.05) is 0 Å². The van der Waals surface area contributed by atoms with Crippen molar-refractivity contribution in [2.75, 3.05) is 23.7 Å². The number of nitrogen functional groups attached to an aromatic ring is 1. The maximum atomic E-state index is 9.96. The number of piperidine rings is 1. The summed E-state index contributed by atoms with van der Waals surface area (Å²) in [6, 6.07) is 0. The van der Waals surface area contributed by atoms with Gasteiger partial charge in [-0.25, -0.2) is 0 Å². The molecule has 6 heteroatoms. The van der Waals surface area contributed by atoms with Gasteiger partial charge >= 0.3 is 0 Å². The van der Waals surface area contributed by atoms with Crippen LogP contribution in [0, 0.1) is 0 Å². The van der Waals surface area contributed by atoms with Gasteiger partial charge in [0, 0.05) is 13.1 Å². The second-order valence-electron chi connectivity index (χ2n) is 5.35. The molecule has 5 nitrogen and oxygen atoms in total. The lowest BCUT2D eigenvalue weighted by Gasteiger charge is -2.36. The van der Waals surface area contributed by atoms with E-state index in [2.05, 4.69) is 9.27 Å². The summed E-state index contributed by atoms with van der Waals surface area (Å²) in [7, 11) is 0. The highest BCUT2D eigenvalue weighted by Crippen LogP contribution is 2.40. The number of hydrogen-bond donors (Lipinski definition) is 2. The fraction of sp³-hybridized carbons (Fsp3) is 0.750. The molecule has 1 aromatic heterocycles. The normalized spacial score (nSPS) is 19.3. The summed E-state index contributed by atoms with van der Waals surface area (Å²) in [5.74, 6) is 1.15. The van der Waals surface area contributed by atoms with Gasteiger partial charge in [-0.3, -0.25) is 0 Å². The Morgan fingerprint density at radius 1 is 1.44 bits per heavy atom. The van der Waals surface area contributed by atoms with Gasteiger partial charge in [-0.05, 0) is 45.1 Å². The van der Waals surface area contributed by atoms with Crippen LogP contribution in [0.1, 0.15) is 33.6 Å². The molecular weight excluding hydrogens is 250 g/mol. The predicted molar refractivity (Wildman–Crippen MR) is 74.4 cm³/mol. The van der Waals surface area contributed by atoms with Gasteiger partial charge in [-0.2, -0.15) is 4.37 Å². The zero-order chi connectivity index (χ0) is 13.3. The molecule has 0 aliphatic carbocycles. The van der Waals surface area contributed by atoms with Crippen LogP contribution in [-0.4, -0.2) is 34.3 Å². The summed E-state index contributed by atoms with van der Waals surface area (Å²) in [6.45, 7) is 7.45.